The number of aryl methyl sites for hydroxylation is 1. The molecular weight excluding hydrogens is 440 g/mol. The second-order valence-corrected chi connectivity index (χ2v) is 8.41. The number of carbonyl (C=O) groups is 2. The Hall–Kier alpha value is -3.62. The van der Waals surface area contributed by atoms with E-state index in [0.717, 1.165) is 23.2 Å². The van der Waals surface area contributed by atoms with E-state index in [0.29, 0.717) is 35.1 Å². The van der Waals surface area contributed by atoms with E-state index < -0.39 is 11.8 Å². The number of fused-ring (bicyclic) bond motifs is 5. The molecule has 182 valence electrons. The molecule has 0 fully saturated rings. The third-order valence-corrected chi connectivity index (χ3v) is 6.49. The molecule has 0 saturated carbocycles. The van der Waals surface area contributed by atoms with Crippen molar-refractivity contribution < 1.29 is 33.3 Å². The van der Waals surface area contributed by atoms with Crippen LogP contribution in [0.2, 0.25) is 0 Å². The Morgan fingerprint density at radius 2 is 1.38 bits per heavy atom. The molecule has 0 aliphatic carbocycles. The first kappa shape index (κ1) is 23.5. The van der Waals surface area contributed by atoms with Crippen LogP contribution in [0.5, 0.6) is 23.0 Å². The Labute approximate surface area is 199 Å². The molecule has 9 nitrogen and oxygen atoms in total. The van der Waals surface area contributed by atoms with Gasteiger partial charge in [0.25, 0.3) is 5.85 Å². The fourth-order valence-electron chi connectivity index (χ4n) is 5.24. The van der Waals surface area contributed by atoms with Crippen molar-refractivity contribution in [2.45, 2.75) is 45.5 Å². The lowest BCUT2D eigenvalue weighted by molar-refractivity contribution is -0.158. The maximum atomic E-state index is 13.1. The molecule has 2 aliphatic heterocycles. The predicted molar refractivity (Wildman–Crippen MR) is 126 cm³/mol. The first-order valence-electron chi connectivity index (χ1n) is 11.0. The van der Waals surface area contributed by atoms with Crippen LogP contribution in [0.1, 0.15) is 44.4 Å². The summed E-state index contributed by atoms with van der Waals surface area (Å²) in [5.41, 5.74) is 3.28. The van der Waals surface area contributed by atoms with Crippen molar-refractivity contribution in [3.05, 3.63) is 35.4 Å². The number of anilines is 2. The van der Waals surface area contributed by atoms with Crippen LogP contribution in [0.25, 0.3) is 0 Å². The van der Waals surface area contributed by atoms with Crippen molar-refractivity contribution in [2.75, 3.05) is 38.2 Å². The molecule has 4 rings (SSSR count). The van der Waals surface area contributed by atoms with E-state index >= 15 is 0 Å². The molecule has 0 aromatic heterocycles. The van der Waals surface area contributed by atoms with E-state index in [2.05, 4.69) is 0 Å². The summed E-state index contributed by atoms with van der Waals surface area (Å²) in [5, 5.41) is 0. The van der Waals surface area contributed by atoms with Crippen LogP contribution < -0.4 is 28.7 Å². The molecule has 34 heavy (non-hydrogen) atoms. The quantitative estimate of drug-likeness (QED) is 0.610. The number of carbonyl (C=O) groups excluding carboxylic acids is 2. The molecule has 0 saturated heterocycles. The third kappa shape index (κ3) is 3.46. The number of rotatable bonds is 5. The van der Waals surface area contributed by atoms with Gasteiger partial charge in [-0.25, -0.2) is 0 Å². The first-order chi connectivity index (χ1) is 16.2. The summed E-state index contributed by atoms with van der Waals surface area (Å²) < 4.78 is 28.1. The lowest BCUT2D eigenvalue weighted by Crippen LogP contribution is -2.67. The van der Waals surface area contributed by atoms with E-state index in [1.165, 1.54) is 18.7 Å². The fraction of sp³-hybridized carbons (Fsp3) is 0.440. The van der Waals surface area contributed by atoms with Crippen molar-refractivity contribution in [3.8, 4) is 23.0 Å². The molecule has 2 aromatic carbocycles. The number of hydrogen-bond donors (Lipinski definition) is 0. The van der Waals surface area contributed by atoms with Gasteiger partial charge in [-0.2, -0.15) is 0 Å². The van der Waals surface area contributed by atoms with Gasteiger partial charge in [0.15, 0.2) is 23.0 Å². The SMILES string of the molecule is COc1cc2c(cc1OC)N1C(CC2)c2cc(OC)c(OC)cc2N(C(C)=O)C1(C)OC(C)=O. The molecule has 9 heteroatoms. The Bertz CT molecular complexity index is 1150. The standard InChI is InChI=1S/C25H30N2O7/c1-14(28)26-20-13-24(33-7)22(31-5)11-17(20)18-9-8-16-10-21(30-4)23(32-6)12-19(16)27(18)25(26,3)34-15(2)29/h10-13,18H,8-9H2,1-7H3. The summed E-state index contributed by atoms with van der Waals surface area (Å²) in [7, 11) is 6.27. The van der Waals surface area contributed by atoms with Gasteiger partial charge < -0.3 is 28.6 Å². The van der Waals surface area contributed by atoms with Crippen molar-refractivity contribution in [1.82, 2.24) is 0 Å². The Balaban J connectivity index is 2.05. The Morgan fingerprint density at radius 3 is 1.91 bits per heavy atom. The maximum Gasteiger partial charge on any atom is 0.306 e. The molecule has 0 radical (unpaired) electrons. The predicted octanol–water partition coefficient (Wildman–Crippen LogP) is 3.82. The van der Waals surface area contributed by atoms with Crippen molar-refractivity contribution in [3.63, 3.8) is 0 Å². The number of methoxy groups -OCH3 is 4. The van der Waals surface area contributed by atoms with E-state index in [9.17, 15) is 9.59 Å². The van der Waals surface area contributed by atoms with Gasteiger partial charge in [-0.3, -0.25) is 14.5 Å². The normalized spacial score (nSPS) is 20.5. The highest BCUT2D eigenvalue weighted by atomic mass is 16.6. The summed E-state index contributed by atoms with van der Waals surface area (Å²) in [6.45, 7) is 4.51. The summed E-state index contributed by atoms with van der Waals surface area (Å²) in [6, 6.07) is 7.24. The molecule has 0 spiro atoms. The molecule has 2 aromatic rings. The van der Waals surface area contributed by atoms with Gasteiger partial charge in [-0.1, -0.05) is 0 Å². The average Bonchev–Trinajstić information content (AvgIpc) is 2.80. The molecule has 0 N–H and O–H groups in total. The molecule has 1 amide bonds. The van der Waals surface area contributed by atoms with Gasteiger partial charge in [0.05, 0.1) is 40.2 Å². The van der Waals surface area contributed by atoms with Crippen LogP contribution in [0.3, 0.4) is 0 Å². The van der Waals surface area contributed by atoms with Crippen LogP contribution in [0, 0.1) is 0 Å². The molecule has 0 bridgehead atoms. The van der Waals surface area contributed by atoms with E-state index in [1.54, 1.807) is 41.4 Å². The number of amides is 1. The minimum Gasteiger partial charge on any atom is -0.493 e. The monoisotopic (exact) mass is 470 g/mol. The van der Waals surface area contributed by atoms with Crippen LogP contribution in [0.4, 0.5) is 11.4 Å². The highest BCUT2D eigenvalue weighted by Gasteiger charge is 2.54. The van der Waals surface area contributed by atoms with Crippen molar-refractivity contribution in [1.29, 1.82) is 0 Å². The zero-order valence-electron chi connectivity index (χ0n) is 20.6. The fourth-order valence-corrected chi connectivity index (χ4v) is 5.24. The number of nitrogens with zero attached hydrogens (tertiary/aromatic N) is 2. The van der Waals surface area contributed by atoms with Crippen molar-refractivity contribution in [2.24, 2.45) is 0 Å². The van der Waals surface area contributed by atoms with Crippen LogP contribution in [0.15, 0.2) is 24.3 Å². The van der Waals surface area contributed by atoms with Crippen LogP contribution >= 0.6 is 0 Å². The topological polar surface area (TPSA) is 86.8 Å². The van der Waals surface area contributed by atoms with Gasteiger partial charge in [0.1, 0.15) is 0 Å². The summed E-state index contributed by atoms with van der Waals surface area (Å²) in [6.07, 6.45) is 1.47. The van der Waals surface area contributed by atoms with Gasteiger partial charge in [-0.05, 0) is 30.5 Å². The number of hydrogen-bond acceptors (Lipinski definition) is 8. The van der Waals surface area contributed by atoms with Gasteiger partial charge in [-0.15, -0.1) is 0 Å². The van der Waals surface area contributed by atoms with E-state index in [1.807, 2.05) is 23.1 Å². The summed E-state index contributed by atoms with van der Waals surface area (Å²) in [5.74, 6) is -0.0513. The van der Waals surface area contributed by atoms with Crippen molar-refractivity contribution >= 4 is 23.3 Å². The van der Waals surface area contributed by atoms with Gasteiger partial charge >= 0.3 is 5.97 Å². The highest BCUT2D eigenvalue weighted by molar-refractivity contribution is 5.97. The molecule has 2 unspecified atom stereocenters. The van der Waals surface area contributed by atoms with Crippen LogP contribution in [-0.2, 0) is 20.7 Å². The smallest absolute Gasteiger partial charge is 0.306 e. The Morgan fingerprint density at radius 1 is 0.853 bits per heavy atom. The minimum absolute atomic E-state index is 0.208. The second kappa shape index (κ2) is 8.62. The van der Waals surface area contributed by atoms with Gasteiger partial charge in [0.2, 0.25) is 5.91 Å². The first-order valence-corrected chi connectivity index (χ1v) is 11.0. The lowest BCUT2D eigenvalue weighted by Gasteiger charge is -2.57. The largest absolute Gasteiger partial charge is 0.493 e. The Kier molecular flexibility index (Phi) is 5.97. The van der Waals surface area contributed by atoms with Crippen LogP contribution in [-0.4, -0.2) is 46.2 Å². The van der Waals surface area contributed by atoms with Gasteiger partial charge in [0, 0.05) is 44.2 Å². The zero-order valence-corrected chi connectivity index (χ0v) is 20.6. The lowest BCUT2D eigenvalue weighted by atomic mass is 9.86. The zero-order chi connectivity index (χ0) is 24.8. The number of esters is 1. The molecule has 2 atom stereocenters. The molecule has 2 aliphatic rings. The molecule has 2 heterocycles. The maximum absolute atomic E-state index is 13.1. The number of benzene rings is 2. The summed E-state index contributed by atoms with van der Waals surface area (Å²) >= 11 is 0. The summed E-state index contributed by atoms with van der Waals surface area (Å²) in [4.78, 5) is 28.9. The van der Waals surface area contributed by atoms with E-state index in [4.69, 9.17) is 23.7 Å². The van der Waals surface area contributed by atoms with E-state index in [-0.39, 0.29) is 11.9 Å². The second-order valence-electron chi connectivity index (χ2n) is 8.41. The highest BCUT2D eigenvalue weighted by Crippen LogP contribution is 2.55. The molecular formula is C25H30N2O7. The minimum atomic E-state index is -1.44. The number of ether oxygens (including phenoxy) is 5. The average molecular weight is 471 g/mol. The third-order valence-electron chi connectivity index (χ3n) is 6.49.